The molecule has 104 valence electrons. The van der Waals surface area contributed by atoms with Gasteiger partial charge in [-0.3, -0.25) is 4.79 Å². The highest BCUT2D eigenvalue weighted by Crippen LogP contribution is 2.11. The average Bonchev–Trinajstić information content (AvgIpc) is 2.41. The van der Waals surface area contributed by atoms with Crippen molar-refractivity contribution in [1.29, 1.82) is 0 Å². The van der Waals surface area contributed by atoms with Crippen molar-refractivity contribution in [3.05, 3.63) is 59.9 Å². The van der Waals surface area contributed by atoms with E-state index in [1.54, 1.807) is 12.1 Å². The molecule has 0 aliphatic rings. The van der Waals surface area contributed by atoms with E-state index < -0.39 is 0 Å². The fourth-order valence-electron chi connectivity index (χ4n) is 1.93. The number of rotatable bonds is 5. The molecule has 0 spiro atoms. The van der Waals surface area contributed by atoms with Gasteiger partial charge in [0.25, 0.3) is 0 Å². The molecule has 0 bridgehead atoms. The zero-order chi connectivity index (χ0) is 14.4. The van der Waals surface area contributed by atoms with Crippen LogP contribution in [0.2, 0.25) is 0 Å². The average molecular weight is 272 g/mol. The molecule has 20 heavy (non-hydrogen) atoms. The molecule has 0 saturated carbocycles. The number of nitrogen functional groups attached to an aromatic ring is 1. The molecule has 0 aromatic heterocycles. The maximum atomic E-state index is 13.0. The molecule has 2 aromatic rings. The van der Waals surface area contributed by atoms with Crippen LogP contribution in [0.5, 0.6) is 0 Å². The second-order valence-corrected chi connectivity index (χ2v) is 4.65. The van der Waals surface area contributed by atoms with Gasteiger partial charge in [0.15, 0.2) is 0 Å². The summed E-state index contributed by atoms with van der Waals surface area (Å²) in [6, 6.07) is 13.5. The van der Waals surface area contributed by atoms with Crippen LogP contribution in [-0.2, 0) is 11.2 Å². The van der Waals surface area contributed by atoms with E-state index in [0.717, 1.165) is 24.1 Å². The maximum absolute atomic E-state index is 13.0. The standard InChI is InChI=1S/C16H17FN2O/c17-13-4-2-5-15(11-13)19-16(20)6-1-3-12-7-9-14(18)10-8-12/h2,4-5,7-11H,1,3,6,18H2,(H,19,20). The van der Waals surface area contributed by atoms with E-state index in [1.807, 2.05) is 24.3 Å². The lowest BCUT2D eigenvalue weighted by Gasteiger charge is -2.05. The van der Waals surface area contributed by atoms with Gasteiger partial charge in [0.2, 0.25) is 5.91 Å². The monoisotopic (exact) mass is 272 g/mol. The van der Waals surface area contributed by atoms with Gasteiger partial charge in [0, 0.05) is 17.8 Å². The number of nitrogens with one attached hydrogen (secondary N) is 1. The van der Waals surface area contributed by atoms with E-state index in [1.165, 1.54) is 12.1 Å². The Kier molecular flexibility index (Phi) is 4.71. The number of aryl methyl sites for hydroxylation is 1. The van der Waals surface area contributed by atoms with Crippen molar-refractivity contribution < 1.29 is 9.18 Å². The van der Waals surface area contributed by atoms with Crippen LogP contribution in [0.4, 0.5) is 15.8 Å². The Morgan fingerprint density at radius 1 is 1.15 bits per heavy atom. The van der Waals surface area contributed by atoms with Crippen molar-refractivity contribution in [3.63, 3.8) is 0 Å². The van der Waals surface area contributed by atoms with Crippen LogP contribution in [0.15, 0.2) is 48.5 Å². The zero-order valence-corrected chi connectivity index (χ0v) is 11.1. The van der Waals surface area contributed by atoms with Crippen LogP contribution >= 0.6 is 0 Å². The van der Waals surface area contributed by atoms with E-state index in [0.29, 0.717) is 12.1 Å². The third kappa shape index (κ3) is 4.39. The second kappa shape index (κ2) is 6.70. The predicted octanol–water partition coefficient (Wildman–Crippen LogP) is 3.37. The van der Waals surface area contributed by atoms with Gasteiger partial charge in [-0.1, -0.05) is 18.2 Å². The van der Waals surface area contributed by atoms with Crippen LogP contribution in [0.3, 0.4) is 0 Å². The summed E-state index contributed by atoms with van der Waals surface area (Å²) in [5.41, 5.74) is 7.98. The Morgan fingerprint density at radius 3 is 2.60 bits per heavy atom. The number of hydrogen-bond donors (Lipinski definition) is 2. The Morgan fingerprint density at radius 2 is 1.90 bits per heavy atom. The van der Waals surface area contributed by atoms with Crippen molar-refractivity contribution in [2.24, 2.45) is 0 Å². The summed E-state index contributed by atoms with van der Waals surface area (Å²) in [4.78, 5) is 11.7. The van der Waals surface area contributed by atoms with E-state index in [4.69, 9.17) is 5.73 Å². The first-order valence-corrected chi connectivity index (χ1v) is 6.53. The number of anilines is 2. The third-order valence-corrected chi connectivity index (χ3v) is 2.96. The highest BCUT2D eigenvalue weighted by molar-refractivity contribution is 5.90. The van der Waals surface area contributed by atoms with Gasteiger partial charge in [-0.05, 0) is 48.7 Å². The molecule has 2 rings (SSSR count). The quantitative estimate of drug-likeness (QED) is 0.820. The van der Waals surface area contributed by atoms with E-state index in [9.17, 15) is 9.18 Å². The van der Waals surface area contributed by atoms with Gasteiger partial charge in [0.05, 0.1) is 0 Å². The van der Waals surface area contributed by atoms with Crippen molar-refractivity contribution in [2.75, 3.05) is 11.1 Å². The van der Waals surface area contributed by atoms with Gasteiger partial charge in [-0.15, -0.1) is 0 Å². The Hall–Kier alpha value is -2.36. The SMILES string of the molecule is Nc1ccc(CCCC(=O)Nc2cccc(F)c2)cc1. The van der Waals surface area contributed by atoms with E-state index in [-0.39, 0.29) is 11.7 Å². The first kappa shape index (κ1) is 14.1. The lowest BCUT2D eigenvalue weighted by Crippen LogP contribution is -2.11. The lowest BCUT2D eigenvalue weighted by atomic mass is 10.1. The minimum atomic E-state index is -0.357. The summed E-state index contributed by atoms with van der Waals surface area (Å²) in [5.74, 6) is -0.462. The molecule has 3 N–H and O–H groups in total. The number of carbonyl (C=O) groups is 1. The van der Waals surface area contributed by atoms with Crippen molar-refractivity contribution in [1.82, 2.24) is 0 Å². The van der Waals surface area contributed by atoms with E-state index in [2.05, 4.69) is 5.32 Å². The summed E-state index contributed by atoms with van der Waals surface area (Å²) >= 11 is 0. The smallest absolute Gasteiger partial charge is 0.224 e. The first-order chi connectivity index (χ1) is 9.63. The lowest BCUT2D eigenvalue weighted by molar-refractivity contribution is -0.116. The number of carbonyl (C=O) groups excluding carboxylic acids is 1. The van der Waals surface area contributed by atoms with Gasteiger partial charge in [-0.2, -0.15) is 0 Å². The first-order valence-electron chi connectivity index (χ1n) is 6.53. The van der Waals surface area contributed by atoms with Gasteiger partial charge in [0.1, 0.15) is 5.82 Å². The van der Waals surface area contributed by atoms with Crippen molar-refractivity contribution >= 4 is 17.3 Å². The molecule has 1 amide bonds. The molecule has 0 heterocycles. The molecule has 0 aliphatic heterocycles. The topological polar surface area (TPSA) is 55.1 Å². The van der Waals surface area contributed by atoms with Gasteiger partial charge >= 0.3 is 0 Å². The Bertz CT molecular complexity index is 581. The number of nitrogens with two attached hydrogens (primary N) is 1. The summed E-state index contributed by atoms with van der Waals surface area (Å²) < 4.78 is 13.0. The summed E-state index contributed by atoms with van der Waals surface area (Å²) in [7, 11) is 0. The molecule has 2 aromatic carbocycles. The molecular weight excluding hydrogens is 255 g/mol. The number of halogens is 1. The normalized spacial score (nSPS) is 10.2. The fourth-order valence-corrected chi connectivity index (χ4v) is 1.93. The minimum Gasteiger partial charge on any atom is -0.399 e. The summed E-state index contributed by atoms with van der Waals surface area (Å²) in [6.07, 6.45) is 1.96. The molecular formula is C16H17FN2O. The van der Waals surface area contributed by atoms with E-state index >= 15 is 0 Å². The van der Waals surface area contributed by atoms with Crippen LogP contribution < -0.4 is 11.1 Å². The summed E-state index contributed by atoms with van der Waals surface area (Å²) in [5, 5.41) is 2.68. The molecule has 0 unspecified atom stereocenters. The molecule has 0 atom stereocenters. The van der Waals surface area contributed by atoms with Gasteiger partial charge in [-0.25, -0.2) is 4.39 Å². The molecule has 4 heteroatoms. The second-order valence-electron chi connectivity index (χ2n) is 4.65. The largest absolute Gasteiger partial charge is 0.399 e. The Balaban J connectivity index is 1.76. The number of amides is 1. The van der Waals surface area contributed by atoms with Crippen molar-refractivity contribution in [2.45, 2.75) is 19.3 Å². The van der Waals surface area contributed by atoms with Crippen LogP contribution in [0.1, 0.15) is 18.4 Å². The summed E-state index contributed by atoms with van der Waals surface area (Å²) in [6.45, 7) is 0. The van der Waals surface area contributed by atoms with Gasteiger partial charge < -0.3 is 11.1 Å². The highest BCUT2D eigenvalue weighted by Gasteiger charge is 2.03. The molecule has 0 radical (unpaired) electrons. The predicted molar refractivity (Wildman–Crippen MR) is 78.8 cm³/mol. The highest BCUT2D eigenvalue weighted by atomic mass is 19.1. The molecule has 0 saturated heterocycles. The number of hydrogen-bond acceptors (Lipinski definition) is 2. The van der Waals surface area contributed by atoms with Crippen LogP contribution in [0.25, 0.3) is 0 Å². The molecule has 0 aliphatic carbocycles. The number of benzene rings is 2. The zero-order valence-electron chi connectivity index (χ0n) is 11.1. The maximum Gasteiger partial charge on any atom is 0.224 e. The van der Waals surface area contributed by atoms with Crippen LogP contribution in [-0.4, -0.2) is 5.91 Å². The van der Waals surface area contributed by atoms with Crippen molar-refractivity contribution in [3.8, 4) is 0 Å². The van der Waals surface area contributed by atoms with Crippen LogP contribution in [0, 0.1) is 5.82 Å². The Labute approximate surface area is 117 Å². The minimum absolute atomic E-state index is 0.106. The third-order valence-electron chi connectivity index (χ3n) is 2.96. The fraction of sp³-hybridized carbons (Fsp3) is 0.188. The molecule has 3 nitrogen and oxygen atoms in total. The molecule has 0 fully saturated rings.